The Hall–Kier alpha value is -4.00. The molecular formula is C41H49N2O11S3+. The predicted octanol–water partition coefficient (Wildman–Crippen LogP) is 5.46. The molecule has 13 nitrogen and oxygen atoms in total. The van der Waals surface area contributed by atoms with E-state index in [4.69, 9.17) is 0 Å². The molecule has 3 aliphatic rings. The molecule has 3 atom stereocenters. The van der Waals surface area contributed by atoms with E-state index in [-0.39, 0.29) is 23.4 Å². The number of aryl methyl sites for hydroxylation is 2. The first kappa shape index (κ1) is 42.6. The Morgan fingerprint density at radius 2 is 1.47 bits per heavy atom. The van der Waals surface area contributed by atoms with Crippen LogP contribution in [-0.2, 0) is 41.2 Å². The minimum atomic E-state index is -4.49. The SMILES string of the molecule is Cc1ccc2c(c1)C1(C)CCC\C(=C/C=C/C=C/C=C3\N(CC(O)CS(=O)(=O)O)c4ccc5cc(S(=O)(=O)O)cc(C)c5c4C3(C)C)C1=[N+]2CC(O)CS(=O)(=O)O. The van der Waals surface area contributed by atoms with Crippen LogP contribution in [0.5, 0.6) is 0 Å². The Balaban J connectivity index is 1.36. The number of hydrogen-bond acceptors (Lipinski definition) is 9. The molecule has 2 heterocycles. The first-order valence-electron chi connectivity index (χ1n) is 18.5. The summed E-state index contributed by atoms with van der Waals surface area (Å²) in [7, 11) is -13.4. The molecule has 0 spiro atoms. The highest BCUT2D eigenvalue weighted by Crippen LogP contribution is 2.52. The van der Waals surface area contributed by atoms with Gasteiger partial charge in [0.2, 0.25) is 5.69 Å². The van der Waals surface area contributed by atoms with Crippen LogP contribution in [0.25, 0.3) is 10.8 Å². The molecule has 1 aliphatic carbocycles. The number of anilines is 1. The van der Waals surface area contributed by atoms with E-state index in [2.05, 4.69) is 13.0 Å². The van der Waals surface area contributed by atoms with Gasteiger partial charge >= 0.3 is 0 Å². The smallest absolute Gasteiger partial charge is 0.294 e. The molecule has 6 rings (SSSR count). The van der Waals surface area contributed by atoms with Crippen LogP contribution in [0, 0.1) is 13.8 Å². The minimum Gasteiger partial charge on any atom is -0.390 e. The molecule has 57 heavy (non-hydrogen) atoms. The molecular weight excluding hydrogens is 793 g/mol. The molecule has 1 saturated carbocycles. The highest BCUT2D eigenvalue weighted by atomic mass is 32.2. The van der Waals surface area contributed by atoms with Crippen LogP contribution in [0.4, 0.5) is 11.4 Å². The lowest BCUT2D eigenvalue weighted by molar-refractivity contribution is -0.449. The number of aliphatic hydroxyl groups excluding tert-OH is 2. The standard InChI is InChI=1S/C41H48N2O11S3/c1-26-14-16-34-33(19-26)41(5)18-10-12-28(39(41)43(34)23-31(45)25-56(49,50)51)11-8-6-7-9-13-36-40(3,4)38-35(42(36)22-30(44)24-55(46,47)48)17-15-29-21-32(57(52,53)54)20-27(2)37(29)38/h6-9,11,13-17,19-21,30-31,44-45H,10,12,18,22-25H2,1-5H3,(H2-,46,47,48,49,50,51,52,53,54)/p+1. The van der Waals surface area contributed by atoms with Crippen LogP contribution in [-0.4, -0.2) is 96.2 Å². The van der Waals surface area contributed by atoms with E-state index in [9.17, 15) is 49.1 Å². The molecule has 3 unspecified atom stereocenters. The highest BCUT2D eigenvalue weighted by molar-refractivity contribution is 7.86. The molecule has 2 aliphatic heterocycles. The van der Waals surface area contributed by atoms with E-state index in [1.54, 1.807) is 24.0 Å². The largest absolute Gasteiger partial charge is 0.390 e. The minimum absolute atomic E-state index is 0.0145. The molecule has 3 aromatic rings. The van der Waals surface area contributed by atoms with E-state index in [0.29, 0.717) is 22.3 Å². The van der Waals surface area contributed by atoms with Crippen molar-refractivity contribution < 1.29 is 53.7 Å². The van der Waals surface area contributed by atoms with Gasteiger partial charge < -0.3 is 15.1 Å². The van der Waals surface area contributed by atoms with Crippen molar-refractivity contribution in [2.24, 2.45) is 0 Å². The van der Waals surface area contributed by atoms with Gasteiger partial charge in [0.05, 0.1) is 16.4 Å². The fourth-order valence-electron chi connectivity index (χ4n) is 8.95. The Bertz CT molecular complexity index is 2640. The topological polar surface area (TPSA) is 210 Å². The Morgan fingerprint density at radius 1 is 0.825 bits per heavy atom. The van der Waals surface area contributed by atoms with E-state index in [1.165, 1.54) is 12.1 Å². The van der Waals surface area contributed by atoms with Gasteiger partial charge in [0.15, 0.2) is 12.3 Å². The second-order valence-electron chi connectivity index (χ2n) is 16.0. The number of benzene rings is 3. The van der Waals surface area contributed by atoms with Crippen LogP contribution in [0.3, 0.4) is 0 Å². The second-order valence-corrected chi connectivity index (χ2v) is 20.4. The molecule has 5 N–H and O–H groups in total. The van der Waals surface area contributed by atoms with Crippen molar-refractivity contribution in [1.82, 2.24) is 0 Å². The van der Waals surface area contributed by atoms with Crippen LogP contribution < -0.4 is 4.90 Å². The third-order valence-electron chi connectivity index (χ3n) is 11.1. The van der Waals surface area contributed by atoms with Crippen molar-refractivity contribution in [1.29, 1.82) is 0 Å². The molecule has 0 saturated heterocycles. The summed E-state index contributed by atoms with van der Waals surface area (Å²) in [5.74, 6) is -1.65. The van der Waals surface area contributed by atoms with Gasteiger partial charge in [-0.3, -0.25) is 13.7 Å². The van der Waals surface area contributed by atoms with Crippen LogP contribution >= 0.6 is 0 Å². The summed E-state index contributed by atoms with van der Waals surface area (Å²) in [4.78, 5) is 1.55. The van der Waals surface area contributed by atoms with Crippen molar-refractivity contribution in [2.45, 2.75) is 81.8 Å². The molecule has 306 valence electrons. The normalized spacial score (nSPS) is 22.2. The van der Waals surface area contributed by atoms with Crippen LogP contribution in [0.1, 0.15) is 62.3 Å². The summed E-state index contributed by atoms with van der Waals surface area (Å²) in [6.45, 7) is 9.67. The average molecular weight is 842 g/mol. The summed E-state index contributed by atoms with van der Waals surface area (Å²) in [5.41, 5.74) is 6.76. The zero-order valence-corrected chi connectivity index (χ0v) is 34.9. The van der Waals surface area contributed by atoms with E-state index in [1.807, 2.05) is 73.9 Å². The molecule has 0 radical (unpaired) electrons. The van der Waals surface area contributed by atoms with E-state index in [0.717, 1.165) is 58.3 Å². The summed E-state index contributed by atoms with van der Waals surface area (Å²) in [6, 6.07) is 12.4. The lowest BCUT2D eigenvalue weighted by Gasteiger charge is -2.29. The number of nitrogens with zero attached hydrogens (tertiary/aromatic N) is 2. The van der Waals surface area contributed by atoms with E-state index >= 15 is 0 Å². The number of hydrogen-bond donors (Lipinski definition) is 5. The fourth-order valence-corrected chi connectivity index (χ4v) is 10.7. The highest BCUT2D eigenvalue weighted by Gasteiger charge is 2.52. The predicted molar refractivity (Wildman–Crippen MR) is 220 cm³/mol. The summed E-state index contributed by atoms with van der Waals surface area (Å²) in [6.07, 6.45) is 11.0. The lowest BCUT2D eigenvalue weighted by atomic mass is 9.68. The fraction of sp³-hybridized carbons (Fsp3) is 0.390. The zero-order chi connectivity index (χ0) is 41.9. The van der Waals surface area contributed by atoms with Crippen molar-refractivity contribution >= 4 is 58.2 Å². The number of rotatable bonds is 12. The van der Waals surface area contributed by atoms with Crippen molar-refractivity contribution in [3.05, 3.63) is 112 Å². The molecule has 16 heteroatoms. The van der Waals surface area contributed by atoms with Gasteiger partial charge in [0.1, 0.15) is 17.6 Å². The quantitative estimate of drug-likeness (QED) is 0.0875. The maximum absolute atomic E-state index is 12.0. The summed E-state index contributed by atoms with van der Waals surface area (Å²) < 4.78 is 101. The third-order valence-corrected chi connectivity index (χ3v) is 13.6. The number of aliphatic hydroxyl groups is 2. The Kier molecular flexibility index (Phi) is 11.4. The number of β-amino-alcohol motifs (C(OH)–C–C–N with tert-alkyl or cyclic N) is 2. The van der Waals surface area contributed by atoms with Gasteiger partial charge in [-0.2, -0.15) is 29.8 Å². The average Bonchev–Trinajstić information content (AvgIpc) is 3.43. The van der Waals surface area contributed by atoms with Crippen molar-refractivity contribution in [2.75, 3.05) is 29.5 Å². The van der Waals surface area contributed by atoms with Gasteiger partial charge in [-0.25, -0.2) is 0 Å². The van der Waals surface area contributed by atoms with Crippen molar-refractivity contribution in [3.63, 3.8) is 0 Å². The van der Waals surface area contributed by atoms with E-state index < -0.39 is 59.5 Å². The molecule has 0 amide bonds. The second kappa shape index (κ2) is 15.3. The van der Waals surface area contributed by atoms with Gasteiger partial charge in [0.25, 0.3) is 30.4 Å². The number of fused-ring (bicyclic) bond motifs is 6. The first-order chi connectivity index (χ1) is 26.4. The van der Waals surface area contributed by atoms with Crippen molar-refractivity contribution in [3.8, 4) is 0 Å². The van der Waals surface area contributed by atoms with Gasteiger partial charge in [-0.15, -0.1) is 0 Å². The number of allylic oxidation sites excluding steroid dienone is 8. The van der Waals surface area contributed by atoms with Gasteiger partial charge in [-0.05, 0) is 92.3 Å². The summed E-state index contributed by atoms with van der Waals surface area (Å²) >= 11 is 0. The molecule has 0 bridgehead atoms. The first-order valence-corrected chi connectivity index (χ1v) is 23.2. The third kappa shape index (κ3) is 8.73. The molecule has 1 fully saturated rings. The molecule has 3 aromatic carbocycles. The zero-order valence-electron chi connectivity index (χ0n) is 32.4. The monoisotopic (exact) mass is 841 g/mol. The Morgan fingerprint density at radius 3 is 2.12 bits per heavy atom. The Labute approximate surface area is 334 Å². The van der Waals surface area contributed by atoms with Crippen LogP contribution in [0.15, 0.2) is 95.1 Å². The maximum Gasteiger partial charge on any atom is 0.294 e. The van der Waals surface area contributed by atoms with Gasteiger partial charge in [-0.1, -0.05) is 61.9 Å². The maximum atomic E-state index is 12.0. The summed E-state index contributed by atoms with van der Waals surface area (Å²) in [5, 5.41) is 22.9. The lowest BCUT2D eigenvalue weighted by Crippen LogP contribution is -2.39. The van der Waals surface area contributed by atoms with Crippen LogP contribution in [0.2, 0.25) is 0 Å². The van der Waals surface area contributed by atoms with Gasteiger partial charge in [0, 0.05) is 40.5 Å². The molecule has 0 aromatic heterocycles.